The second-order valence-corrected chi connectivity index (χ2v) is 2.58. The molecule has 0 aromatic carbocycles. The molecule has 0 aliphatic carbocycles. The summed E-state index contributed by atoms with van der Waals surface area (Å²) in [5.41, 5.74) is 0. The van der Waals surface area contributed by atoms with E-state index in [1.54, 1.807) is 12.2 Å². The summed E-state index contributed by atoms with van der Waals surface area (Å²) in [6.45, 7) is 3.75. The zero-order valence-corrected chi connectivity index (χ0v) is 8.06. The lowest BCUT2D eigenvalue weighted by Crippen LogP contribution is -2.16. The Morgan fingerprint density at radius 3 is 2.77 bits per heavy atom. The van der Waals surface area contributed by atoms with Gasteiger partial charge in [-0.25, -0.2) is 4.79 Å². The van der Waals surface area contributed by atoms with Gasteiger partial charge in [0.25, 0.3) is 0 Å². The Morgan fingerprint density at radius 2 is 2.23 bits per heavy atom. The van der Waals surface area contributed by atoms with Crippen LogP contribution in [0.4, 0.5) is 0 Å². The van der Waals surface area contributed by atoms with Gasteiger partial charge in [-0.05, 0) is 13.3 Å². The maximum atomic E-state index is 10.9. The fraction of sp³-hybridized carbons (Fsp3) is 0.500. The summed E-state index contributed by atoms with van der Waals surface area (Å²) >= 11 is 0. The number of esters is 1. The van der Waals surface area contributed by atoms with Crippen LogP contribution >= 0.6 is 0 Å². The molecule has 1 atom stereocenters. The standard InChI is InChI=1S/C10H16O3/c1-3-5-6-7-10(12)13-8-9(11)4-2/h3,5-7,9,11H,4,8H2,1-2H3. The van der Waals surface area contributed by atoms with Gasteiger partial charge in [-0.2, -0.15) is 0 Å². The summed E-state index contributed by atoms with van der Waals surface area (Å²) in [6, 6.07) is 0. The lowest BCUT2D eigenvalue weighted by atomic mass is 10.3. The minimum absolute atomic E-state index is 0.0650. The van der Waals surface area contributed by atoms with Crippen LogP contribution in [0.5, 0.6) is 0 Å². The maximum absolute atomic E-state index is 10.9. The normalized spacial score (nSPS) is 13.8. The van der Waals surface area contributed by atoms with E-state index >= 15 is 0 Å². The summed E-state index contributed by atoms with van der Waals surface area (Å²) in [5.74, 6) is -0.425. The molecule has 0 aromatic rings. The summed E-state index contributed by atoms with van der Waals surface area (Å²) in [6.07, 6.45) is 6.50. The van der Waals surface area contributed by atoms with Gasteiger partial charge in [0, 0.05) is 6.08 Å². The number of ether oxygens (including phenoxy) is 1. The van der Waals surface area contributed by atoms with Crippen molar-refractivity contribution in [2.24, 2.45) is 0 Å². The van der Waals surface area contributed by atoms with Crippen molar-refractivity contribution in [2.75, 3.05) is 6.61 Å². The van der Waals surface area contributed by atoms with Gasteiger partial charge in [0.15, 0.2) is 0 Å². The first-order chi connectivity index (χ1) is 6.20. The molecule has 0 heterocycles. The third kappa shape index (κ3) is 7.28. The molecule has 0 fully saturated rings. The molecule has 0 radical (unpaired) electrons. The molecule has 0 bridgehead atoms. The average molecular weight is 184 g/mol. The Kier molecular flexibility index (Phi) is 6.92. The molecule has 0 aromatic heterocycles. The van der Waals surface area contributed by atoms with Crippen LogP contribution in [-0.2, 0) is 9.53 Å². The molecule has 0 amide bonds. The van der Waals surface area contributed by atoms with Gasteiger partial charge in [-0.3, -0.25) is 0 Å². The van der Waals surface area contributed by atoms with E-state index in [0.29, 0.717) is 6.42 Å². The van der Waals surface area contributed by atoms with E-state index in [1.807, 2.05) is 19.9 Å². The fourth-order valence-electron chi connectivity index (χ4n) is 0.590. The molecular weight excluding hydrogens is 168 g/mol. The number of rotatable bonds is 5. The zero-order chi connectivity index (χ0) is 10.1. The van der Waals surface area contributed by atoms with Gasteiger partial charge in [-0.1, -0.05) is 25.2 Å². The van der Waals surface area contributed by atoms with Crippen molar-refractivity contribution in [3.05, 3.63) is 24.3 Å². The number of hydrogen-bond donors (Lipinski definition) is 1. The molecule has 3 nitrogen and oxygen atoms in total. The number of allylic oxidation sites excluding steroid dienone is 3. The van der Waals surface area contributed by atoms with E-state index in [9.17, 15) is 4.79 Å². The van der Waals surface area contributed by atoms with Crippen LogP contribution in [0.25, 0.3) is 0 Å². The van der Waals surface area contributed by atoms with E-state index in [4.69, 9.17) is 9.84 Å². The Labute approximate surface area is 78.7 Å². The highest BCUT2D eigenvalue weighted by molar-refractivity contribution is 5.82. The minimum Gasteiger partial charge on any atom is -0.460 e. The number of aliphatic hydroxyl groups is 1. The Morgan fingerprint density at radius 1 is 1.54 bits per heavy atom. The third-order valence-electron chi connectivity index (χ3n) is 1.43. The molecule has 0 aliphatic heterocycles. The quantitative estimate of drug-likeness (QED) is 0.399. The van der Waals surface area contributed by atoms with Crippen LogP contribution < -0.4 is 0 Å². The van der Waals surface area contributed by atoms with Gasteiger partial charge in [0.05, 0.1) is 6.10 Å². The average Bonchev–Trinajstić information content (AvgIpc) is 2.14. The Hall–Kier alpha value is -1.09. The monoisotopic (exact) mass is 184 g/mol. The second kappa shape index (κ2) is 7.55. The molecule has 74 valence electrons. The van der Waals surface area contributed by atoms with Crippen molar-refractivity contribution in [2.45, 2.75) is 26.4 Å². The van der Waals surface area contributed by atoms with Gasteiger partial charge >= 0.3 is 5.97 Å². The van der Waals surface area contributed by atoms with Gasteiger partial charge in [0.1, 0.15) is 6.61 Å². The highest BCUT2D eigenvalue weighted by Crippen LogP contribution is 1.92. The second-order valence-electron chi connectivity index (χ2n) is 2.58. The summed E-state index contributed by atoms with van der Waals surface area (Å²) in [5, 5.41) is 9.06. The molecule has 0 aliphatic rings. The maximum Gasteiger partial charge on any atom is 0.330 e. The summed E-state index contributed by atoms with van der Waals surface area (Å²) in [7, 11) is 0. The molecule has 0 spiro atoms. The van der Waals surface area contributed by atoms with Gasteiger partial charge < -0.3 is 9.84 Å². The number of carbonyl (C=O) groups excluding carboxylic acids is 1. The van der Waals surface area contributed by atoms with E-state index < -0.39 is 12.1 Å². The zero-order valence-electron chi connectivity index (χ0n) is 8.06. The van der Waals surface area contributed by atoms with Gasteiger partial charge in [-0.15, -0.1) is 0 Å². The molecule has 13 heavy (non-hydrogen) atoms. The van der Waals surface area contributed by atoms with Crippen LogP contribution in [0, 0.1) is 0 Å². The van der Waals surface area contributed by atoms with E-state index in [2.05, 4.69) is 0 Å². The number of carbonyl (C=O) groups is 1. The van der Waals surface area contributed by atoms with Crippen molar-refractivity contribution < 1.29 is 14.6 Å². The Bertz CT molecular complexity index is 194. The first-order valence-electron chi connectivity index (χ1n) is 4.34. The van der Waals surface area contributed by atoms with Crippen molar-refractivity contribution in [1.29, 1.82) is 0 Å². The Balaban J connectivity index is 3.63. The highest BCUT2D eigenvalue weighted by Gasteiger charge is 2.02. The van der Waals surface area contributed by atoms with E-state index in [0.717, 1.165) is 0 Å². The van der Waals surface area contributed by atoms with Crippen molar-refractivity contribution in [3.63, 3.8) is 0 Å². The molecule has 1 N–H and O–H groups in total. The minimum atomic E-state index is -0.556. The van der Waals surface area contributed by atoms with Crippen molar-refractivity contribution in [3.8, 4) is 0 Å². The predicted octanol–water partition coefficient (Wildman–Crippen LogP) is 1.43. The van der Waals surface area contributed by atoms with Crippen LogP contribution in [0.3, 0.4) is 0 Å². The lowest BCUT2D eigenvalue weighted by Gasteiger charge is -2.06. The summed E-state index contributed by atoms with van der Waals surface area (Å²) in [4.78, 5) is 10.9. The molecule has 3 heteroatoms. The largest absolute Gasteiger partial charge is 0.460 e. The number of hydrogen-bond acceptors (Lipinski definition) is 3. The van der Waals surface area contributed by atoms with Crippen LogP contribution in [0.15, 0.2) is 24.3 Å². The van der Waals surface area contributed by atoms with E-state index in [-0.39, 0.29) is 6.61 Å². The van der Waals surface area contributed by atoms with E-state index in [1.165, 1.54) is 6.08 Å². The molecule has 1 unspecified atom stereocenters. The SMILES string of the molecule is CC=CC=CC(=O)OCC(O)CC. The number of aliphatic hydroxyl groups excluding tert-OH is 1. The predicted molar refractivity (Wildman–Crippen MR) is 51.2 cm³/mol. The topological polar surface area (TPSA) is 46.5 Å². The molecule has 0 saturated carbocycles. The summed E-state index contributed by atoms with van der Waals surface area (Å²) < 4.78 is 4.73. The lowest BCUT2D eigenvalue weighted by molar-refractivity contribution is -0.140. The van der Waals surface area contributed by atoms with Crippen molar-refractivity contribution >= 4 is 5.97 Å². The van der Waals surface area contributed by atoms with Crippen molar-refractivity contribution in [1.82, 2.24) is 0 Å². The van der Waals surface area contributed by atoms with Gasteiger partial charge in [0.2, 0.25) is 0 Å². The highest BCUT2D eigenvalue weighted by atomic mass is 16.5. The van der Waals surface area contributed by atoms with Crippen LogP contribution in [0.1, 0.15) is 20.3 Å². The molecular formula is C10H16O3. The fourth-order valence-corrected chi connectivity index (χ4v) is 0.590. The first kappa shape index (κ1) is 11.9. The smallest absolute Gasteiger partial charge is 0.330 e. The molecule has 0 saturated heterocycles. The molecule has 0 rings (SSSR count). The van der Waals surface area contributed by atoms with Crippen LogP contribution in [0.2, 0.25) is 0 Å². The van der Waals surface area contributed by atoms with Crippen LogP contribution in [-0.4, -0.2) is 23.8 Å². The third-order valence-corrected chi connectivity index (χ3v) is 1.43. The first-order valence-corrected chi connectivity index (χ1v) is 4.34.